The highest BCUT2D eigenvalue weighted by Gasteiger charge is 2.41. The number of ether oxygens (including phenoxy) is 1. The molecule has 0 spiro atoms. The Morgan fingerprint density at radius 2 is 1.71 bits per heavy atom. The number of alkyl halides is 4. The van der Waals surface area contributed by atoms with E-state index < -0.39 is 47.7 Å². The first-order valence-corrected chi connectivity index (χ1v) is 9.02. The molecule has 0 bridgehead atoms. The summed E-state index contributed by atoms with van der Waals surface area (Å²) in [6.07, 6.45) is -2.46. The summed E-state index contributed by atoms with van der Waals surface area (Å²) >= 11 is 0. The molecule has 0 aliphatic rings. The van der Waals surface area contributed by atoms with E-state index >= 15 is 0 Å². The van der Waals surface area contributed by atoms with Gasteiger partial charge in [0, 0.05) is 18.1 Å². The van der Waals surface area contributed by atoms with Crippen LogP contribution >= 0.6 is 0 Å². The number of hydrogen-bond acceptors (Lipinski definition) is 2. The molecule has 168 valence electrons. The van der Waals surface area contributed by atoms with Gasteiger partial charge in [0.05, 0.1) is 5.52 Å². The molecule has 2 N–H and O–H groups in total. The lowest BCUT2D eigenvalue weighted by atomic mass is 10.1. The third-order valence-corrected chi connectivity index (χ3v) is 4.53. The van der Waals surface area contributed by atoms with Crippen molar-refractivity contribution < 1.29 is 39.9 Å². The van der Waals surface area contributed by atoms with Crippen LogP contribution in [-0.2, 0) is 13.0 Å². The standard InChI is InChI=1S/C20H16F8N2O/c21-14-13-11(8-30-18(13)17(24)16(23)15(14)22)4-5-29-7-10-2-1-3-12(6-10)31-9-20(27,28)19(25)26/h1-3,6,8,19,29-30H,4-5,7,9H2. The molecule has 31 heavy (non-hydrogen) atoms. The van der Waals surface area contributed by atoms with Crippen LogP contribution in [0.5, 0.6) is 5.75 Å². The average Bonchev–Trinajstić information content (AvgIpc) is 3.16. The van der Waals surface area contributed by atoms with E-state index in [-0.39, 0.29) is 36.2 Å². The van der Waals surface area contributed by atoms with Gasteiger partial charge in [-0.05, 0) is 36.2 Å². The zero-order valence-electron chi connectivity index (χ0n) is 15.7. The van der Waals surface area contributed by atoms with Crippen LogP contribution in [0.1, 0.15) is 11.1 Å². The number of rotatable bonds is 9. The number of benzene rings is 2. The second-order valence-corrected chi connectivity index (χ2v) is 6.74. The molecule has 2 aromatic carbocycles. The maximum Gasteiger partial charge on any atom is 0.340 e. The number of nitrogens with one attached hydrogen (secondary N) is 2. The molecule has 0 saturated carbocycles. The quantitative estimate of drug-likeness (QED) is 0.199. The van der Waals surface area contributed by atoms with Gasteiger partial charge in [0.25, 0.3) is 0 Å². The van der Waals surface area contributed by atoms with Gasteiger partial charge in [-0.2, -0.15) is 8.78 Å². The lowest BCUT2D eigenvalue weighted by molar-refractivity contribution is -0.148. The van der Waals surface area contributed by atoms with Crippen molar-refractivity contribution >= 4 is 10.9 Å². The maximum absolute atomic E-state index is 14.0. The van der Waals surface area contributed by atoms with Gasteiger partial charge >= 0.3 is 12.3 Å². The van der Waals surface area contributed by atoms with Crippen molar-refractivity contribution in [2.45, 2.75) is 25.3 Å². The molecule has 1 heterocycles. The number of fused-ring (bicyclic) bond motifs is 1. The van der Waals surface area contributed by atoms with Crippen molar-refractivity contribution in [1.29, 1.82) is 0 Å². The first kappa shape index (κ1) is 22.9. The van der Waals surface area contributed by atoms with Crippen LogP contribution in [0.2, 0.25) is 0 Å². The van der Waals surface area contributed by atoms with Crippen LogP contribution in [0.4, 0.5) is 35.1 Å². The van der Waals surface area contributed by atoms with Crippen LogP contribution in [0.15, 0.2) is 30.5 Å². The monoisotopic (exact) mass is 452 g/mol. The van der Waals surface area contributed by atoms with Crippen molar-refractivity contribution in [2.75, 3.05) is 13.2 Å². The second kappa shape index (κ2) is 9.13. The van der Waals surface area contributed by atoms with Gasteiger partial charge in [0.1, 0.15) is 5.75 Å². The SMILES string of the molecule is Fc1c(F)c(F)c2c(CCNCc3cccc(OCC(F)(F)C(F)F)c3)c[nH]c2c1F. The Hall–Kier alpha value is -2.82. The highest BCUT2D eigenvalue weighted by atomic mass is 19.3. The Labute approximate surface area is 171 Å². The van der Waals surface area contributed by atoms with E-state index in [9.17, 15) is 35.1 Å². The minimum atomic E-state index is -4.27. The molecule has 3 nitrogen and oxygen atoms in total. The van der Waals surface area contributed by atoms with E-state index in [2.05, 4.69) is 10.3 Å². The first-order valence-electron chi connectivity index (χ1n) is 9.02. The lowest BCUT2D eigenvalue weighted by Crippen LogP contribution is -2.33. The molecule has 0 fully saturated rings. The minimum Gasteiger partial charge on any atom is -0.487 e. The van der Waals surface area contributed by atoms with Crippen molar-refractivity contribution in [1.82, 2.24) is 10.3 Å². The van der Waals surface area contributed by atoms with E-state index in [0.29, 0.717) is 5.56 Å². The molecule has 3 aromatic rings. The van der Waals surface area contributed by atoms with Gasteiger partial charge in [0.2, 0.25) is 0 Å². The summed E-state index contributed by atoms with van der Waals surface area (Å²) in [5.74, 6) is -11.1. The maximum atomic E-state index is 14.0. The van der Waals surface area contributed by atoms with E-state index in [1.807, 2.05) is 0 Å². The molecule has 0 aliphatic heterocycles. The zero-order valence-corrected chi connectivity index (χ0v) is 15.7. The van der Waals surface area contributed by atoms with Gasteiger partial charge in [-0.25, -0.2) is 26.3 Å². The molecule has 3 rings (SSSR count). The number of halogens is 8. The molecule has 1 aromatic heterocycles. The summed E-state index contributed by atoms with van der Waals surface area (Å²) in [4.78, 5) is 2.38. The number of hydrogen-bond donors (Lipinski definition) is 2. The molecule has 0 amide bonds. The summed E-state index contributed by atoms with van der Waals surface area (Å²) in [7, 11) is 0. The van der Waals surface area contributed by atoms with Crippen LogP contribution < -0.4 is 10.1 Å². The number of H-pyrrole nitrogens is 1. The van der Waals surface area contributed by atoms with Gasteiger partial charge in [-0.3, -0.25) is 0 Å². The fraction of sp³-hybridized carbons (Fsp3) is 0.300. The van der Waals surface area contributed by atoms with Crippen molar-refractivity contribution in [3.05, 3.63) is 64.9 Å². The number of aromatic nitrogens is 1. The molecule has 11 heteroatoms. The highest BCUT2D eigenvalue weighted by molar-refractivity contribution is 5.84. The van der Waals surface area contributed by atoms with Gasteiger partial charge in [0.15, 0.2) is 29.9 Å². The lowest BCUT2D eigenvalue weighted by Gasteiger charge is -2.16. The molecule has 0 saturated heterocycles. The van der Waals surface area contributed by atoms with Crippen LogP contribution in [-0.4, -0.2) is 30.5 Å². The second-order valence-electron chi connectivity index (χ2n) is 6.74. The van der Waals surface area contributed by atoms with Crippen LogP contribution in [0.25, 0.3) is 10.9 Å². The van der Waals surface area contributed by atoms with Crippen LogP contribution in [0, 0.1) is 23.3 Å². The Morgan fingerprint density at radius 3 is 2.42 bits per heavy atom. The fourth-order valence-corrected chi connectivity index (χ4v) is 2.94. The Kier molecular flexibility index (Phi) is 6.73. The van der Waals surface area contributed by atoms with E-state index in [1.165, 1.54) is 24.4 Å². The number of aromatic amines is 1. The van der Waals surface area contributed by atoms with E-state index in [1.54, 1.807) is 6.07 Å². The van der Waals surface area contributed by atoms with Crippen molar-refractivity contribution in [2.24, 2.45) is 0 Å². The van der Waals surface area contributed by atoms with Crippen LogP contribution in [0.3, 0.4) is 0 Å². The molecular formula is C20H16F8N2O. The van der Waals surface area contributed by atoms with Crippen molar-refractivity contribution in [3.8, 4) is 5.75 Å². The Bertz CT molecular complexity index is 1070. The fourth-order valence-electron chi connectivity index (χ4n) is 2.94. The Balaban J connectivity index is 1.58. The molecule has 0 aliphatic carbocycles. The smallest absolute Gasteiger partial charge is 0.340 e. The van der Waals surface area contributed by atoms with E-state index in [4.69, 9.17) is 4.74 Å². The summed E-state index contributed by atoms with van der Waals surface area (Å²) < 4.78 is 110. The summed E-state index contributed by atoms with van der Waals surface area (Å²) in [5, 5.41) is 2.58. The Morgan fingerprint density at radius 1 is 1.00 bits per heavy atom. The first-order chi connectivity index (χ1) is 14.6. The topological polar surface area (TPSA) is 37.0 Å². The highest BCUT2D eigenvalue weighted by Crippen LogP contribution is 2.29. The molecule has 0 radical (unpaired) electrons. The van der Waals surface area contributed by atoms with Gasteiger partial charge < -0.3 is 15.0 Å². The summed E-state index contributed by atoms with van der Waals surface area (Å²) in [5.41, 5.74) is 0.336. The third-order valence-electron chi connectivity index (χ3n) is 4.53. The van der Waals surface area contributed by atoms with Gasteiger partial charge in [-0.15, -0.1) is 0 Å². The van der Waals surface area contributed by atoms with E-state index in [0.717, 1.165) is 0 Å². The molecule has 0 unspecified atom stereocenters. The summed E-state index contributed by atoms with van der Waals surface area (Å²) in [6.45, 7) is -1.03. The predicted molar refractivity (Wildman–Crippen MR) is 96.4 cm³/mol. The molecule has 0 atom stereocenters. The third kappa shape index (κ3) is 4.92. The average molecular weight is 452 g/mol. The van der Waals surface area contributed by atoms with Gasteiger partial charge in [-0.1, -0.05) is 12.1 Å². The van der Waals surface area contributed by atoms with Crippen molar-refractivity contribution in [3.63, 3.8) is 0 Å². The zero-order chi connectivity index (χ0) is 22.8. The largest absolute Gasteiger partial charge is 0.487 e. The summed E-state index contributed by atoms with van der Waals surface area (Å²) in [6, 6.07) is 5.83. The predicted octanol–water partition coefficient (Wildman–Crippen LogP) is 5.34. The normalized spacial score (nSPS) is 12.2. The molecular weight excluding hydrogens is 436 g/mol. The minimum absolute atomic E-state index is 0.0219.